The second-order valence-electron chi connectivity index (χ2n) is 22.9. The number of carbonyl (C=O) groups is 1. The van der Waals surface area contributed by atoms with Crippen molar-refractivity contribution in [2.24, 2.45) is 0 Å². The van der Waals surface area contributed by atoms with E-state index in [0.29, 0.717) is 6.42 Å². The summed E-state index contributed by atoms with van der Waals surface area (Å²) >= 11 is 0. The lowest BCUT2D eigenvalue weighted by molar-refractivity contribution is -0.302. The van der Waals surface area contributed by atoms with Crippen LogP contribution in [0.2, 0.25) is 0 Å². The first-order chi connectivity index (χ1) is 38.3. The maximum atomic E-state index is 13.1. The van der Waals surface area contributed by atoms with Crippen molar-refractivity contribution in [2.45, 2.75) is 346 Å². The van der Waals surface area contributed by atoms with E-state index in [-0.39, 0.29) is 12.5 Å². The smallest absolute Gasteiger partial charge is 0.220 e. The first-order valence-corrected chi connectivity index (χ1v) is 33.2. The van der Waals surface area contributed by atoms with Crippen molar-refractivity contribution < 1.29 is 39.8 Å². The number of allylic oxidation sites excluding steroid dienone is 11. The molecule has 0 spiro atoms. The van der Waals surface area contributed by atoms with Gasteiger partial charge >= 0.3 is 0 Å². The topological polar surface area (TPSA) is 149 Å². The largest absolute Gasteiger partial charge is 0.394 e. The lowest BCUT2D eigenvalue weighted by Crippen LogP contribution is -2.60. The van der Waals surface area contributed by atoms with Gasteiger partial charge in [-0.1, -0.05) is 299 Å². The Morgan fingerprint density at radius 1 is 0.449 bits per heavy atom. The molecule has 7 unspecified atom stereocenters. The molecule has 7 atom stereocenters. The molecular weight excluding hydrogens is 971 g/mol. The predicted molar refractivity (Wildman–Crippen MR) is 332 cm³/mol. The number of unbranched alkanes of at least 4 members (excludes halogenated alkanes) is 37. The molecule has 454 valence electrons. The zero-order valence-corrected chi connectivity index (χ0v) is 50.7. The van der Waals surface area contributed by atoms with Gasteiger partial charge in [-0.3, -0.25) is 4.79 Å². The molecule has 1 heterocycles. The minimum atomic E-state index is -1.57. The van der Waals surface area contributed by atoms with Crippen LogP contribution in [0, 0.1) is 0 Å². The molecule has 0 aromatic carbocycles. The molecule has 0 aromatic heterocycles. The van der Waals surface area contributed by atoms with Crippen molar-refractivity contribution in [2.75, 3.05) is 13.2 Å². The highest BCUT2D eigenvalue weighted by Gasteiger charge is 2.44. The minimum Gasteiger partial charge on any atom is -0.394 e. The second-order valence-corrected chi connectivity index (χ2v) is 22.9. The van der Waals surface area contributed by atoms with E-state index in [4.69, 9.17) is 9.47 Å². The number of hydrogen-bond acceptors (Lipinski definition) is 8. The molecule has 9 heteroatoms. The lowest BCUT2D eigenvalue weighted by atomic mass is 9.99. The normalized spacial score (nSPS) is 19.1. The van der Waals surface area contributed by atoms with Gasteiger partial charge in [0.2, 0.25) is 5.91 Å². The van der Waals surface area contributed by atoms with Gasteiger partial charge in [-0.15, -0.1) is 0 Å². The Hall–Kier alpha value is -2.37. The molecule has 1 fully saturated rings. The Morgan fingerprint density at radius 3 is 1.23 bits per heavy atom. The third-order valence-electron chi connectivity index (χ3n) is 15.5. The Kier molecular flexibility index (Phi) is 54.6. The SMILES string of the molecule is CC/C=C\C/C=C\C/C=C\C/C=C\CCCCCCCCCCCCCCCCCCCCCCCCCCCCC(=O)NC(COC1OC(CO)C(O)C(O)C1O)C(O)/C=C/CC/C=C/CCCCCCCCCCCC. The van der Waals surface area contributed by atoms with Crippen LogP contribution in [0.25, 0.3) is 0 Å². The molecule has 0 aromatic rings. The third-order valence-corrected chi connectivity index (χ3v) is 15.5. The summed E-state index contributed by atoms with van der Waals surface area (Å²) in [6.45, 7) is 3.67. The number of ether oxygens (including phenoxy) is 2. The van der Waals surface area contributed by atoms with Crippen molar-refractivity contribution in [1.82, 2.24) is 5.32 Å². The molecule has 0 bridgehead atoms. The van der Waals surface area contributed by atoms with Gasteiger partial charge in [-0.2, -0.15) is 0 Å². The number of hydrogen-bond donors (Lipinski definition) is 6. The molecule has 1 amide bonds. The van der Waals surface area contributed by atoms with Crippen LogP contribution in [-0.2, 0) is 14.3 Å². The Bertz CT molecular complexity index is 1460. The van der Waals surface area contributed by atoms with E-state index in [9.17, 15) is 30.3 Å². The third kappa shape index (κ3) is 46.3. The monoisotopic (exact) mass is 1100 g/mol. The Labute approximate surface area is 480 Å². The highest BCUT2D eigenvalue weighted by atomic mass is 16.7. The summed E-state index contributed by atoms with van der Waals surface area (Å²) in [5.41, 5.74) is 0. The molecular formula is C69H125NO8. The van der Waals surface area contributed by atoms with E-state index in [1.54, 1.807) is 6.08 Å². The van der Waals surface area contributed by atoms with Crippen LogP contribution in [0.3, 0.4) is 0 Å². The number of aliphatic hydroxyl groups is 5. The number of aliphatic hydroxyl groups excluding tert-OH is 5. The van der Waals surface area contributed by atoms with E-state index >= 15 is 0 Å². The molecule has 1 aliphatic heterocycles. The zero-order chi connectivity index (χ0) is 56.5. The lowest BCUT2D eigenvalue weighted by Gasteiger charge is -2.40. The second kappa shape index (κ2) is 57.8. The van der Waals surface area contributed by atoms with Crippen LogP contribution < -0.4 is 5.32 Å². The maximum Gasteiger partial charge on any atom is 0.220 e. The Balaban J connectivity index is 2.06. The molecule has 0 aliphatic carbocycles. The van der Waals surface area contributed by atoms with E-state index in [0.717, 1.165) is 64.2 Å². The summed E-state index contributed by atoms with van der Waals surface area (Å²) in [4.78, 5) is 13.1. The van der Waals surface area contributed by atoms with Crippen molar-refractivity contribution in [3.05, 3.63) is 72.9 Å². The first kappa shape index (κ1) is 73.6. The molecule has 0 radical (unpaired) electrons. The van der Waals surface area contributed by atoms with Crippen LogP contribution in [0.5, 0.6) is 0 Å². The highest BCUT2D eigenvalue weighted by molar-refractivity contribution is 5.76. The number of carbonyl (C=O) groups excluding carboxylic acids is 1. The average Bonchev–Trinajstić information content (AvgIpc) is 3.45. The van der Waals surface area contributed by atoms with E-state index in [1.165, 1.54) is 218 Å². The summed E-state index contributed by atoms with van der Waals surface area (Å²) in [5.74, 6) is -0.183. The predicted octanol–water partition coefficient (Wildman–Crippen LogP) is 17.6. The van der Waals surface area contributed by atoms with E-state index in [1.807, 2.05) is 6.08 Å². The van der Waals surface area contributed by atoms with E-state index < -0.39 is 49.5 Å². The molecule has 9 nitrogen and oxygen atoms in total. The van der Waals surface area contributed by atoms with Gasteiger partial charge in [0.1, 0.15) is 24.4 Å². The molecule has 6 N–H and O–H groups in total. The number of amides is 1. The van der Waals surface area contributed by atoms with Gasteiger partial charge in [0.15, 0.2) is 6.29 Å². The minimum absolute atomic E-state index is 0.183. The summed E-state index contributed by atoms with van der Waals surface area (Å²) in [6, 6.07) is -0.822. The molecule has 1 saturated heterocycles. The summed E-state index contributed by atoms with van der Waals surface area (Å²) in [6.07, 6.45) is 74.4. The molecule has 1 rings (SSSR count). The fourth-order valence-electron chi connectivity index (χ4n) is 10.3. The Morgan fingerprint density at radius 2 is 0.808 bits per heavy atom. The first-order valence-electron chi connectivity index (χ1n) is 33.2. The molecule has 1 aliphatic rings. The number of nitrogens with one attached hydrogen (secondary N) is 1. The fourth-order valence-corrected chi connectivity index (χ4v) is 10.3. The standard InChI is InChI=1S/C69H125NO8/c1-3-5-7-9-11-13-15-17-19-21-22-23-24-25-26-27-28-29-30-31-32-33-34-35-36-37-38-39-40-41-42-43-45-47-49-51-53-55-57-59-65(73)70-62(61-77-69-68(76)67(75)66(74)64(60-71)78-69)63(72)58-56-54-52-50-48-46-44-20-18-16-14-12-10-8-6-4-2/h5,7,11,13,17,19,22-23,48,50,56,58,62-64,66-69,71-72,74-76H,3-4,6,8-10,12,14-16,18,20-21,24-47,49,51-55,57,59-61H2,1-2H3,(H,70,73)/b7-5-,13-11-,19-17-,23-22-,50-48+,58-56+. The zero-order valence-electron chi connectivity index (χ0n) is 50.7. The van der Waals surface area contributed by atoms with Crippen molar-refractivity contribution in [3.63, 3.8) is 0 Å². The van der Waals surface area contributed by atoms with Crippen LogP contribution in [0.1, 0.15) is 303 Å². The summed E-state index contributed by atoms with van der Waals surface area (Å²) in [5, 5.41) is 54.5. The fraction of sp³-hybridized carbons (Fsp3) is 0.812. The summed E-state index contributed by atoms with van der Waals surface area (Å²) < 4.78 is 11.3. The van der Waals surface area contributed by atoms with Crippen LogP contribution in [0.15, 0.2) is 72.9 Å². The van der Waals surface area contributed by atoms with Crippen LogP contribution >= 0.6 is 0 Å². The van der Waals surface area contributed by atoms with Gasteiger partial charge in [0.05, 0.1) is 25.4 Å². The van der Waals surface area contributed by atoms with Gasteiger partial charge in [-0.25, -0.2) is 0 Å². The summed E-state index contributed by atoms with van der Waals surface area (Å²) in [7, 11) is 0. The highest BCUT2D eigenvalue weighted by Crippen LogP contribution is 2.23. The molecule has 78 heavy (non-hydrogen) atoms. The maximum absolute atomic E-state index is 13.1. The molecule has 0 saturated carbocycles. The van der Waals surface area contributed by atoms with Gasteiger partial charge in [0, 0.05) is 6.42 Å². The quantitative estimate of drug-likeness (QED) is 0.0261. The van der Waals surface area contributed by atoms with Crippen molar-refractivity contribution in [1.29, 1.82) is 0 Å². The van der Waals surface area contributed by atoms with Crippen molar-refractivity contribution >= 4 is 5.91 Å². The number of rotatable bonds is 57. The van der Waals surface area contributed by atoms with Crippen LogP contribution in [0.4, 0.5) is 0 Å². The van der Waals surface area contributed by atoms with E-state index in [2.05, 4.69) is 79.9 Å². The van der Waals surface area contributed by atoms with Crippen LogP contribution in [-0.4, -0.2) is 87.5 Å². The van der Waals surface area contributed by atoms with Gasteiger partial charge < -0.3 is 40.3 Å². The van der Waals surface area contributed by atoms with Gasteiger partial charge in [-0.05, 0) is 70.6 Å². The van der Waals surface area contributed by atoms with Gasteiger partial charge in [0.25, 0.3) is 0 Å². The van der Waals surface area contributed by atoms with Crippen molar-refractivity contribution in [3.8, 4) is 0 Å². The average molecular weight is 1100 g/mol.